The molecule has 180 valence electrons. The lowest BCUT2D eigenvalue weighted by molar-refractivity contribution is -0.138. The fourth-order valence-electron chi connectivity index (χ4n) is 5.54. The number of benzene rings is 2. The summed E-state index contributed by atoms with van der Waals surface area (Å²) in [4.78, 5) is 13.4. The zero-order valence-electron chi connectivity index (χ0n) is 19.6. The van der Waals surface area contributed by atoms with Gasteiger partial charge >= 0.3 is 5.97 Å². The number of carboxylic acid groups (broad SMARTS) is 1. The van der Waals surface area contributed by atoms with E-state index >= 15 is 0 Å². The van der Waals surface area contributed by atoms with Gasteiger partial charge in [-0.3, -0.25) is 9.69 Å². The molecule has 2 aliphatic rings. The molecule has 0 amide bonds. The van der Waals surface area contributed by atoms with Crippen molar-refractivity contribution in [2.45, 2.75) is 77.4 Å². The third kappa shape index (κ3) is 5.65. The van der Waals surface area contributed by atoms with E-state index in [1.807, 2.05) is 18.2 Å². The standard InChI is InChI=1S/C27H35F2NO3/c1-17-5-9-22(10-6-17)33-24-12-8-21-15-20(7-11-23(21)26(24)27(28)29)18(2)30-13-3-4-19(16-30)14-25(31)32/h7-8,11-12,15,17-19,22,27H,3-6,9-10,13-14,16H2,1-2H3,(H,31,32)/t17?,18?,19-,22?/m0/s1. The van der Waals surface area contributed by atoms with Crippen molar-refractivity contribution in [3.05, 3.63) is 41.5 Å². The summed E-state index contributed by atoms with van der Waals surface area (Å²) in [6.07, 6.45) is 3.50. The first-order chi connectivity index (χ1) is 15.8. The highest BCUT2D eigenvalue weighted by atomic mass is 19.3. The van der Waals surface area contributed by atoms with Crippen LogP contribution in [0, 0.1) is 11.8 Å². The van der Waals surface area contributed by atoms with Crippen molar-refractivity contribution >= 4 is 16.7 Å². The number of fused-ring (bicyclic) bond motifs is 1. The maximum absolute atomic E-state index is 14.1. The topological polar surface area (TPSA) is 49.8 Å². The Kier molecular flexibility index (Phi) is 7.52. The van der Waals surface area contributed by atoms with Gasteiger partial charge in [0.05, 0.1) is 11.7 Å². The maximum atomic E-state index is 14.1. The third-order valence-corrected chi connectivity index (χ3v) is 7.56. The summed E-state index contributed by atoms with van der Waals surface area (Å²) < 4.78 is 34.4. The molecule has 1 heterocycles. The summed E-state index contributed by atoms with van der Waals surface area (Å²) >= 11 is 0. The van der Waals surface area contributed by atoms with Crippen LogP contribution in [0.5, 0.6) is 5.75 Å². The fraction of sp³-hybridized carbons (Fsp3) is 0.593. The second-order valence-corrected chi connectivity index (χ2v) is 10.0. The van der Waals surface area contributed by atoms with Crippen molar-refractivity contribution < 1.29 is 23.4 Å². The van der Waals surface area contributed by atoms with E-state index in [2.05, 4.69) is 18.7 Å². The van der Waals surface area contributed by atoms with Gasteiger partial charge in [-0.1, -0.05) is 25.1 Å². The number of piperidine rings is 1. The maximum Gasteiger partial charge on any atom is 0.303 e. The summed E-state index contributed by atoms with van der Waals surface area (Å²) in [5.41, 5.74) is 1.05. The van der Waals surface area contributed by atoms with Crippen LogP contribution in [0.15, 0.2) is 30.3 Å². The molecule has 0 bridgehead atoms. The zero-order valence-corrected chi connectivity index (χ0v) is 19.6. The van der Waals surface area contributed by atoms with E-state index in [-0.39, 0.29) is 30.0 Å². The Labute approximate surface area is 194 Å². The minimum Gasteiger partial charge on any atom is -0.490 e. The molecule has 1 unspecified atom stereocenters. The molecule has 1 N–H and O–H groups in total. The summed E-state index contributed by atoms with van der Waals surface area (Å²) in [5, 5.41) is 10.5. The van der Waals surface area contributed by atoms with Crippen molar-refractivity contribution in [1.82, 2.24) is 4.90 Å². The molecule has 1 aliphatic carbocycles. The highest BCUT2D eigenvalue weighted by Gasteiger charge is 2.27. The van der Waals surface area contributed by atoms with Gasteiger partial charge in [0, 0.05) is 19.0 Å². The molecule has 0 radical (unpaired) electrons. The number of aliphatic carboxylic acids is 1. The van der Waals surface area contributed by atoms with Gasteiger partial charge < -0.3 is 9.84 Å². The van der Waals surface area contributed by atoms with E-state index in [0.29, 0.717) is 17.1 Å². The van der Waals surface area contributed by atoms with Gasteiger partial charge in [-0.2, -0.15) is 0 Å². The predicted molar refractivity (Wildman–Crippen MR) is 126 cm³/mol. The first kappa shape index (κ1) is 23.9. The molecule has 0 aromatic heterocycles. The first-order valence-corrected chi connectivity index (χ1v) is 12.3. The highest BCUT2D eigenvalue weighted by Crippen LogP contribution is 2.39. The minimum atomic E-state index is -2.60. The molecular weight excluding hydrogens is 424 g/mol. The van der Waals surface area contributed by atoms with Crippen molar-refractivity contribution in [3.63, 3.8) is 0 Å². The van der Waals surface area contributed by atoms with Crippen LogP contribution >= 0.6 is 0 Å². The Morgan fingerprint density at radius 1 is 1.15 bits per heavy atom. The van der Waals surface area contributed by atoms with Crippen molar-refractivity contribution in [2.24, 2.45) is 11.8 Å². The van der Waals surface area contributed by atoms with Gasteiger partial charge in [0.1, 0.15) is 5.75 Å². The van der Waals surface area contributed by atoms with E-state index in [0.717, 1.165) is 62.6 Å². The van der Waals surface area contributed by atoms with Crippen molar-refractivity contribution in [3.8, 4) is 5.75 Å². The molecule has 2 aromatic rings. The normalized spacial score (nSPS) is 25.3. The Morgan fingerprint density at radius 2 is 1.91 bits per heavy atom. The number of halogens is 2. The van der Waals surface area contributed by atoms with Gasteiger partial charge in [-0.15, -0.1) is 0 Å². The van der Waals surface area contributed by atoms with Gasteiger partial charge in [0.15, 0.2) is 0 Å². The number of carboxylic acids is 1. The Hall–Kier alpha value is -2.21. The molecule has 2 aromatic carbocycles. The molecule has 2 fully saturated rings. The average Bonchev–Trinajstić information content (AvgIpc) is 2.79. The van der Waals surface area contributed by atoms with E-state index in [4.69, 9.17) is 9.84 Å². The Bertz CT molecular complexity index is 971. The van der Waals surface area contributed by atoms with Gasteiger partial charge in [0.25, 0.3) is 6.43 Å². The summed E-state index contributed by atoms with van der Waals surface area (Å²) in [7, 11) is 0. The number of likely N-dealkylation sites (tertiary alicyclic amines) is 1. The lowest BCUT2D eigenvalue weighted by Crippen LogP contribution is -2.37. The van der Waals surface area contributed by atoms with Crippen molar-refractivity contribution in [1.29, 1.82) is 0 Å². The van der Waals surface area contributed by atoms with E-state index in [1.165, 1.54) is 0 Å². The second-order valence-electron chi connectivity index (χ2n) is 10.0. The van der Waals surface area contributed by atoms with Gasteiger partial charge in [-0.05, 0) is 92.3 Å². The van der Waals surface area contributed by atoms with Crippen LogP contribution in [0.25, 0.3) is 10.8 Å². The number of ether oxygens (including phenoxy) is 1. The number of rotatable bonds is 7. The molecule has 1 saturated carbocycles. The highest BCUT2D eigenvalue weighted by molar-refractivity contribution is 5.88. The SMILES string of the molecule is CC1CCC(Oc2ccc3cc(C(C)N4CCC[C@@H](CC(=O)O)C4)ccc3c2C(F)F)CC1. The number of alkyl halides is 2. The summed E-state index contributed by atoms with van der Waals surface area (Å²) in [5.74, 6) is 0.397. The van der Waals surface area contributed by atoms with Crippen molar-refractivity contribution in [2.75, 3.05) is 13.1 Å². The molecule has 1 saturated heterocycles. The number of hydrogen-bond acceptors (Lipinski definition) is 3. The molecule has 4 nitrogen and oxygen atoms in total. The van der Waals surface area contributed by atoms with E-state index < -0.39 is 12.4 Å². The smallest absolute Gasteiger partial charge is 0.303 e. The molecule has 0 spiro atoms. The third-order valence-electron chi connectivity index (χ3n) is 7.56. The molecule has 2 atom stereocenters. The summed E-state index contributed by atoms with van der Waals surface area (Å²) in [6.45, 7) is 6.01. The molecule has 6 heteroatoms. The molecular formula is C27H35F2NO3. The van der Waals surface area contributed by atoms with E-state index in [1.54, 1.807) is 12.1 Å². The monoisotopic (exact) mass is 459 g/mol. The quantitative estimate of drug-likeness (QED) is 0.485. The largest absolute Gasteiger partial charge is 0.490 e. The fourth-order valence-corrected chi connectivity index (χ4v) is 5.54. The van der Waals surface area contributed by atoms with Crippen LogP contribution in [0.4, 0.5) is 8.78 Å². The zero-order chi connectivity index (χ0) is 23.5. The van der Waals surface area contributed by atoms with Gasteiger partial charge in [-0.25, -0.2) is 8.78 Å². The number of nitrogens with zero attached hydrogens (tertiary/aromatic N) is 1. The lowest BCUT2D eigenvalue weighted by atomic mass is 9.89. The minimum absolute atomic E-state index is 0.00768. The van der Waals surface area contributed by atoms with Gasteiger partial charge in [0.2, 0.25) is 0 Å². The average molecular weight is 460 g/mol. The number of carbonyl (C=O) groups is 1. The molecule has 1 aliphatic heterocycles. The van der Waals surface area contributed by atoms with Crippen LogP contribution in [-0.2, 0) is 4.79 Å². The lowest BCUT2D eigenvalue weighted by Gasteiger charge is -2.36. The number of hydrogen-bond donors (Lipinski definition) is 1. The van der Waals surface area contributed by atoms with Crippen LogP contribution in [0.3, 0.4) is 0 Å². The molecule has 33 heavy (non-hydrogen) atoms. The second kappa shape index (κ2) is 10.4. The first-order valence-electron chi connectivity index (χ1n) is 12.3. The van der Waals surface area contributed by atoms with Crippen LogP contribution in [-0.4, -0.2) is 35.2 Å². The Balaban J connectivity index is 1.55. The van der Waals surface area contributed by atoms with E-state index in [9.17, 15) is 13.6 Å². The van der Waals surface area contributed by atoms with Crippen LogP contribution < -0.4 is 4.74 Å². The Morgan fingerprint density at radius 3 is 2.61 bits per heavy atom. The predicted octanol–water partition coefficient (Wildman–Crippen LogP) is 6.98. The molecule has 4 rings (SSSR count). The van der Waals surface area contributed by atoms with Crippen LogP contribution in [0.2, 0.25) is 0 Å². The van der Waals surface area contributed by atoms with Crippen LogP contribution in [0.1, 0.15) is 82.4 Å². The summed E-state index contributed by atoms with van der Waals surface area (Å²) in [6, 6.07) is 9.43.